The van der Waals surface area contributed by atoms with Crippen molar-refractivity contribution in [2.75, 3.05) is 5.32 Å². The van der Waals surface area contributed by atoms with Gasteiger partial charge in [0.2, 0.25) is 0 Å². The second-order valence-electron chi connectivity index (χ2n) is 8.25. The number of alkyl halides is 2. The largest absolute Gasteiger partial charge is 0.486 e. The molecule has 0 atom stereocenters. The standard InChI is InChI=1S/C25H23F2N3O4S/c1-12(2)14-4-6-15(7-5-14)33-11-16-8-9-18(34-16)24(32)30-20-19-13(3)10-17(22(26)27)29-25(19)35-21(20)23(28)31/h4-10,12,22H,11H2,1-3H3,(H2,28,31)(H,30,32). The van der Waals surface area contributed by atoms with Crippen molar-refractivity contribution in [3.63, 3.8) is 0 Å². The number of amides is 2. The van der Waals surface area contributed by atoms with E-state index in [1.807, 2.05) is 24.3 Å². The number of carbonyl (C=O) groups excluding carboxylic acids is 2. The number of fused-ring (bicyclic) bond motifs is 1. The Labute approximate surface area is 203 Å². The Kier molecular flexibility index (Phi) is 6.83. The molecule has 0 aliphatic heterocycles. The van der Waals surface area contributed by atoms with Crippen LogP contribution in [0.2, 0.25) is 0 Å². The molecule has 3 heterocycles. The summed E-state index contributed by atoms with van der Waals surface area (Å²) in [5.41, 5.74) is 6.80. The van der Waals surface area contributed by atoms with Gasteiger partial charge in [-0.1, -0.05) is 26.0 Å². The van der Waals surface area contributed by atoms with E-state index in [2.05, 4.69) is 24.1 Å². The van der Waals surface area contributed by atoms with Gasteiger partial charge in [0, 0.05) is 5.39 Å². The van der Waals surface area contributed by atoms with Crippen LogP contribution in [0.1, 0.15) is 69.0 Å². The molecule has 182 valence electrons. The van der Waals surface area contributed by atoms with Crippen LogP contribution in [0.3, 0.4) is 0 Å². The second-order valence-corrected chi connectivity index (χ2v) is 9.25. The van der Waals surface area contributed by atoms with Gasteiger partial charge in [-0.3, -0.25) is 9.59 Å². The van der Waals surface area contributed by atoms with Gasteiger partial charge in [-0.05, 0) is 54.3 Å². The average molecular weight is 500 g/mol. The number of thiophene rings is 1. The van der Waals surface area contributed by atoms with E-state index < -0.39 is 23.9 Å². The van der Waals surface area contributed by atoms with Crippen molar-refractivity contribution in [3.05, 3.63) is 75.7 Å². The third-order valence-corrected chi connectivity index (χ3v) is 6.48. The molecule has 0 bridgehead atoms. The number of anilines is 1. The number of ether oxygens (including phenoxy) is 1. The van der Waals surface area contributed by atoms with Crippen LogP contribution in [-0.4, -0.2) is 16.8 Å². The number of hydrogen-bond donors (Lipinski definition) is 2. The Morgan fingerprint density at radius 3 is 2.51 bits per heavy atom. The number of furan rings is 1. The average Bonchev–Trinajstić information content (AvgIpc) is 3.43. The highest BCUT2D eigenvalue weighted by atomic mass is 32.1. The first-order valence-electron chi connectivity index (χ1n) is 10.8. The fourth-order valence-electron chi connectivity index (χ4n) is 3.57. The number of benzene rings is 1. The lowest BCUT2D eigenvalue weighted by atomic mass is 10.0. The van der Waals surface area contributed by atoms with Crippen molar-refractivity contribution < 1.29 is 27.5 Å². The zero-order chi connectivity index (χ0) is 25.3. The summed E-state index contributed by atoms with van der Waals surface area (Å²) in [4.78, 5) is 29.0. The van der Waals surface area contributed by atoms with E-state index in [1.165, 1.54) is 17.7 Å². The molecule has 0 radical (unpaired) electrons. The van der Waals surface area contributed by atoms with Crippen LogP contribution in [0.25, 0.3) is 10.2 Å². The van der Waals surface area contributed by atoms with E-state index in [9.17, 15) is 18.4 Å². The summed E-state index contributed by atoms with van der Waals surface area (Å²) < 4.78 is 37.6. The first-order valence-corrected chi connectivity index (χ1v) is 11.6. The minimum absolute atomic E-state index is 0.00956. The lowest BCUT2D eigenvalue weighted by molar-refractivity contribution is 0.0992. The number of nitrogens with one attached hydrogen (secondary N) is 1. The number of hydrogen-bond acceptors (Lipinski definition) is 6. The van der Waals surface area contributed by atoms with E-state index in [-0.39, 0.29) is 27.8 Å². The third-order valence-electron chi connectivity index (χ3n) is 5.38. The minimum Gasteiger partial charge on any atom is -0.486 e. The van der Waals surface area contributed by atoms with E-state index in [0.717, 1.165) is 11.3 Å². The molecule has 3 N–H and O–H groups in total. The number of nitrogens with two attached hydrogens (primary N) is 1. The molecule has 0 saturated carbocycles. The smallest absolute Gasteiger partial charge is 0.291 e. The summed E-state index contributed by atoms with van der Waals surface area (Å²) in [7, 11) is 0. The fourth-order valence-corrected chi connectivity index (χ4v) is 4.63. The number of pyridine rings is 1. The Morgan fingerprint density at radius 1 is 1.17 bits per heavy atom. The number of rotatable bonds is 8. The molecule has 3 aromatic heterocycles. The zero-order valence-corrected chi connectivity index (χ0v) is 20.0. The molecule has 4 rings (SSSR count). The Bertz CT molecular complexity index is 1390. The third kappa shape index (κ3) is 5.17. The van der Waals surface area contributed by atoms with E-state index in [0.29, 0.717) is 28.4 Å². The van der Waals surface area contributed by atoms with Crippen molar-refractivity contribution in [2.45, 2.75) is 39.7 Å². The molecule has 0 fully saturated rings. The lowest BCUT2D eigenvalue weighted by Gasteiger charge is -2.08. The SMILES string of the molecule is Cc1cc(C(F)F)nc2sc(C(N)=O)c(NC(=O)c3ccc(COc4ccc(C(C)C)cc4)o3)c12. The van der Waals surface area contributed by atoms with Crippen LogP contribution in [0, 0.1) is 6.92 Å². The maximum atomic E-state index is 13.2. The molecule has 0 aliphatic carbocycles. The van der Waals surface area contributed by atoms with Crippen LogP contribution in [-0.2, 0) is 6.61 Å². The van der Waals surface area contributed by atoms with Gasteiger partial charge in [-0.25, -0.2) is 13.8 Å². The van der Waals surface area contributed by atoms with Crippen molar-refractivity contribution in [1.29, 1.82) is 0 Å². The highest BCUT2D eigenvalue weighted by Crippen LogP contribution is 2.38. The van der Waals surface area contributed by atoms with Gasteiger partial charge in [0.05, 0.1) is 5.69 Å². The van der Waals surface area contributed by atoms with Gasteiger partial charge in [0.15, 0.2) is 5.76 Å². The summed E-state index contributed by atoms with van der Waals surface area (Å²) in [5.74, 6) is 0.0573. The first kappa shape index (κ1) is 24.3. The van der Waals surface area contributed by atoms with Gasteiger partial charge in [0.25, 0.3) is 18.2 Å². The molecule has 0 aliphatic rings. The molecule has 10 heteroatoms. The second kappa shape index (κ2) is 9.83. The van der Waals surface area contributed by atoms with Crippen molar-refractivity contribution in [3.8, 4) is 5.75 Å². The van der Waals surface area contributed by atoms with Crippen LogP contribution in [0.4, 0.5) is 14.5 Å². The van der Waals surface area contributed by atoms with Gasteiger partial charge in [-0.2, -0.15) is 0 Å². The number of carbonyl (C=O) groups is 2. The molecule has 1 aromatic carbocycles. The fraction of sp³-hybridized carbons (Fsp3) is 0.240. The molecular formula is C25H23F2N3O4S. The van der Waals surface area contributed by atoms with E-state index >= 15 is 0 Å². The number of halogens is 2. The van der Waals surface area contributed by atoms with Crippen LogP contribution in [0.5, 0.6) is 5.75 Å². The topological polar surface area (TPSA) is 107 Å². The molecule has 7 nitrogen and oxygen atoms in total. The van der Waals surface area contributed by atoms with Crippen molar-refractivity contribution in [1.82, 2.24) is 4.98 Å². The summed E-state index contributed by atoms with van der Waals surface area (Å²) in [6.45, 7) is 5.92. The summed E-state index contributed by atoms with van der Waals surface area (Å²) in [5, 5.41) is 3.01. The summed E-state index contributed by atoms with van der Waals surface area (Å²) in [6.07, 6.45) is -2.77. The summed E-state index contributed by atoms with van der Waals surface area (Å²) in [6, 6.07) is 12.0. The highest BCUT2D eigenvalue weighted by Gasteiger charge is 2.24. The number of nitrogens with zero attached hydrogens (tertiary/aromatic N) is 1. The monoisotopic (exact) mass is 499 g/mol. The van der Waals surface area contributed by atoms with Gasteiger partial charge < -0.3 is 20.2 Å². The molecule has 0 unspecified atom stereocenters. The molecule has 35 heavy (non-hydrogen) atoms. The molecule has 0 saturated heterocycles. The van der Waals surface area contributed by atoms with Crippen LogP contribution >= 0.6 is 11.3 Å². The van der Waals surface area contributed by atoms with Crippen LogP contribution < -0.4 is 15.8 Å². The molecule has 0 spiro atoms. The van der Waals surface area contributed by atoms with E-state index in [4.69, 9.17) is 14.9 Å². The maximum Gasteiger partial charge on any atom is 0.291 e. The number of primary amides is 1. The predicted molar refractivity (Wildman–Crippen MR) is 129 cm³/mol. The normalized spacial score (nSPS) is 11.4. The van der Waals surface area contributed by atoms with Crippen LogP contribution in [0.15, 0.2) is 46.9 Å². The van der Waals surface area contributed by atoms with Gasteiger partial charge in [0.1, 0.15) is 33.5 Å². The van der Waals surface area contributed by atoms with Gasteiger partial charge in [-0.15, -0.1) is 11.3 Å². The lowest BCUT2D eigenvalue weighted by Crippen LogP contribution is -2.16. The molecular weight excluding hydrogens is 476 g/mol. The Morgan fingerprint density at radius 2 is 1.89 bits per heavy atom. The first-order chi connectivity index (χ1) is 16.6. The van der Waals surface area contributed by atoms with Crippen molar-refractivity contribution >= 4 is 39.1 Å². The number of aryl methyl sites for hydroxylation is 1. The molecule has 4 aromatic rings. The Balaban J connectivity index is 1.52. The zero-order valence-electron chi connectivity index (χ0n) is 19.2. The molecule has 2 amide bonds. The maximum absolute atomic E-state index is 13.2. The quantitative estimate of drug-likeness (QED) is 0.301. The number of aromatic nitrogens is 1. The van der Waals surface area contributed by atoms with E-state index in [1.54, 1.807) is 13.0 Å². The summed E-state index contributed by atoms with van der Waals surface area (Å²) >= 11 is 0.844. The minimum atomic E-state index is -2.77. The Hall–Kier alpha value is -3.79. The van der Waals surface area contributed by atoms with Gasteiger partial charge >= 0.3 is 0 Å². The highest BCUT2D eigenvalue weighted by molar-refractivity contribution is 7.21. The predicted octanol–water partition coefficient (Wildman–Crippen LogP) is 6.19. The van der Waals surface area contributed by atoms with Crippen molar-refractivity contribution in [2.24, 2.45) is 5.73 Å².